The van der Waals surface area contributed by atoms with Crippen molar-refractivity contribution in [2.75, 3.05) is 0 Å². The molecule has 4 nitrogen and oxygen atoms in total. The highest BCUT2D eigenvalue weighted by molar-refractivity contribution is 5.88. The van der Waals surface area contributed by atoms with Crippen LogP contribution in [0, 0.1) is 0 Å². The molecule has 1 aromatic carbocycles. The van der Waals surface area contributed by atoms with Crippen LogP contribution < -0.4 is 0 Å². The SMILES string of the molecule is CCC/C=C/CCCCCCCCCCCCCC(=O)n1nnc2ccccc21. The molecule has 0 radical (unpaired) electrons. The largest absolute Gasteiger partial charge is 0.273 e. The Kier molecular flexibility index (Phi) is 12.0. The van der Waals surface area contributed by atoms with E-state index in [1.165, 1.54) is 81.7 Å². The number of carbonyl (C=O) groups excluding carboxylic acids is 1. The second-order valence-electron chi connectivity index (χ2n) is 8.07. The van der Waals surface area contributed by atoms with Gasteiger partial charge in [0.25, 0.3) is 0 Å². The van der Waals surface area contributed by atoms with Gasteiger partial charge < -0.3 is 0 Å². The van der Waals surface area contributed by atoms with Crippen molar-refractivity contribution in [1.29, 1.82) is 0 Å². The van der Waals surface area contributed by atoms with Gasteiger partial charge in [0.15, 0.2) is 0 Å². The quantitative estimate of drug-likeness (QED) is 0.218. The zero-order valence-corrected chi connectivity index (χ0v) is 18.3. The first-order chi connectivity index (χ1) is 14.3. The van der Waals surface area contributed by atoms with Crippen LogP contribution in [0.25, 0.3) is 11.0 Å². The summed E-state index contributed by atoms with van der Waals surface area (Å²) < 4.78 is 1.46. The van der Waals surface area contributed by atoms with Gasteiger partial charge in [0.05, 0.1) is 5.52 Å². The molecule has 0 amide bonds. The maximum absolute atomic E-state index is 12.3. The number of carbonyl (C=O) groups is 1. The molecule has 2 rings (SSSR count). The molecule has 0 unspecified atom stereocenters. The number of benzene rings is 1. The molecule has 2 aromatic rings. The topological polar surface area (TPSA) is 47.8 Å². The second kappa shape index (κ2) is 14.9. The van der Waals surface area contributed by atoms with Gasteiger partial charge in [-0.3, -0.25) is 4.79 Å². The number of nitrogens with zero attached hydrogens (tertiary/aromatic N) is 3. The van der Waals surface area contributed by atoms with Crippen molar-refractivity contribution in [3.63, 3.8) is 0 Å². The predicted molar refractivity (Wildman–Crippen MR) is 122 cm³/mol. The molecular weight excluding hydrogens is 358 g/mol. The Morgan fingerprint density at radius 2 is 1.41 bits per heavy atom. The maximum atomic E-state index is 12.3. The molecule has 0 N–H and O–H groups in total. The highest BCUT2D eigenvalue weighted by Gasteiger charge is 2.10. The summed E-state index contributed by atoms with van der Waals surface area (Å²) in [5.74, 6) is 0.0551. The Balaban J connectivity index is 1.39. The number of allylic oxidation sites excluding steroid dienone is 2. The lowest BCUT2D eigenvalue weighted by Gasteiger charge is -2.03. The summed E-state index contributed by atoms with van der Waals surface area (Å²) in [6.45, 7) is 2.23. The van der Waals surface area contributed by atoms with Crippen molar-refractivity contribution in [3.8, 4) is 0 Å². The van der Waals surface area contributed by atoms with Gasteiger partial charge in [-0.05, 0) is 37.8 Å². The zero-order valence-electron chi connectivity index (χ0n) is 18.3. The minimum atomic E-state index is 0.0551. The number of rotatable bonds is 16. The highest BCUT2D eigenvalue weighted by Crippen LogP contribution is 2.14. The van der Waals surface area contributed by atoms with Crippen molar-refractivity contribution >= 4 is 16.9 Å². The van der Waals surface area contributed by atoms with E-state index in [1.54, 1.807) is 0 Å². The molecule has 0 aliphatic heterocycles. The van der Waals surface area contributed by atoms with E-state index < -0.39 is 0 Å². The number of hydrogen-bond acceptors (Lipinski definition) is 3. The molecule has 0 bridgehead atoms. The molecule has 0 aliphatic rings. The average Bonchev–Trinajstić information content (AvgIpc) is 3.17. The van der Waals surface area contributed by atoms with Crippen LogP contribution in [-0.2, 0) is 0 Å². The van der Waals surface area contributed by atoms with E-state index >= 15 is 0 Å². The van der Waals surface area contributed by atoms with Gasteiger partial charge in [0.1, 0.15) is 5.52 Å². The van der Waals surface area contributed by atoms with E-state index in [2.05, 4.69) is 29.4 Å². The molecule has 0 aliphatic carbocycles. The minimum absolute atomic E-state index is 0.0551. The molecule has 0 atom stereocenters. The lowest BCUT2D eigenvalue weighted by molar-refractivity contribution is 0.0886. The van der Waals surface area contributed by atoms with Gasteiger partial charge in [-0.25, -0.2) is 0 Å². The zero-order chi connectivity index (χ0) is 20.6. The Hall–Kier alpha value is -1.97. The summed E-state index contributed by atoms with van der Waals surface area (Å²) in [5.41, 5.74) is 1.59. The molecule has 0 spiro atoms. The van der Waals surface area contributed by atoms with Gasteiger partial charge in [0.2, 0.25) is 5.91 Å². The third-order valence-corrected chi connectivity index (χ3v) is 5.47. The molecular formula is C25H39N3O. The van der Waals surface area contributed by atoms with Crippen LogP contribution in [0.5, 0.6) is 0 Å². The van der Waals surface area contributed by atoms with Crippen molar-refractivity contribution in [3.05, 3.63) is 36.4 Å². The van der Waals surface area contributed by atoms with Gasteiger partial charge >= 0.3 is 0 Å². The number of fused-ring (bicyclic) bond motifs is 1. The van der Waals surface area contributed by atoms with Gasteiger partial charge in [-0.2, -0.15) is 4.68 Å². The third-order valence-electron chi connectivity index (χ3n) is 5.47. The first-order valence-electron chi connectivity index (χ1n) is 11.8. The van der Waals surface area contributed by atoms with Crippen LogP contribution in [0.4, 0.5) is 0 Å². The Labute approximate surface area is 176 Å². The molecule has 0 saturated carbocycles. The molecule has 1 heterocycles. The normalized spacial score (nSPS) is 11.6. The van der Waals surface area contributed by atoms with Crippen LogP contribution in [0.3, 0.4) is 0 Å². The van der Waals surface area contributed by atoms with Crippen molar-refractivity contribution < 1.29 is 4.79 Å². The van der Waals surface area contributed by atoms with E-state index in [1.807, 2.05) is 24.3 Å². The molecule has 160 valence electrons. The lowest BCUT2D eigenvalue weighted by atomic mass is 10.0. The monoisotopic (exact) mass is 397 g/mol. The highest BCUT2D eigenvalue weighted by atomic mass is 16.2. The second-order valence-corrected chi connectivity index (χ2v) is 8.07. The molecule has 0 saturated heterocycles. The van der Waals surface area contributed by atoms with Crippen LogP contribution in [0.15, 0.2) is 36.4 Å². The third kappa shape index (κ3) is 9.38. The van der Waals surface area contributed by atoms with Crippen LogP contribution in [-0.4, -0.2) is 20.9 Å². The Morgan fingerprint density at radius 3 is 2.10 bits per heavy atom. The van der Waals surface area contributed by atoms with Crippen molar-refractivity contribution in [2.24, 2.45) is 0 Å². The maximum Gasteiger partial charge on any atom is 0.248 e. The summed E-state index contributed by atoms with van der Waals surface area (Å²) in [7, 11) is 0. The van der Waals surface area contributed by atoms with Gasteiger partial charge in [-0.1, -0.05) is 101 Å². The smallest absolute Gasteiger partial charge is 0.248 e. The standard InChI is InChI=1S/C25H39N3O/c1-2-3-4-5-6-7-8-9-10-11-12-13-14-15-16-17-22-25(29)28-24-21-19-18-20-23(24)26-27-28/h4-5,18-21H,2-3,6-17,22H2,1H3/b5-4+. The average molecular weight is 398 g/mol. The number of aromatic nitrogens is 3. The summed E-state index contributed by atoms with van der Waals surface area (Å²) in [5, 5.41) is 8.05. The fourth-order valence-electron chi connectivity index (χ4n) is 3.69. The minimum Gasteiger partial charge on any atom is -0.273 e. The fourth-order valence-corrected chi connectivity index (χ4v) is 3.69. The van der Waals surface area contributed by atoms with Crippen molar-refractivity contribution in [2.45, 2.75) is 103 Å². The first kappa shape index (κ1) is 23.3. The number of para-hydroxylation sites is 1. The fraction of sp³-hybridized carbons (Fsp3) is 0.640. The van der Waals surface area contributed by atoms with Crippen LogP contribution in [0.2, 0.25) is 0 Å². The number of unbranched alkanes of at least 4 members (excludes halogenated alkanes) is 12. The summed E-state index contributed by atoms with van der Waals surface area (Å²) >= 11 is 0. The van der Waals surface area contributed by atoms with Gasteiger partial charge in [-0.15, -0.1) is 5.10 Å². The molecule has 29 heavy (non-hydrogen) atoms. The molecule has 0 fully saturated rings. The first-order valence-corrected chi connectivity index (χ1v) is 11.8. The molecule has 1 aromatic heterocycles. The predicted octanol–water partition coefficient (Wildman–Crippen LogP) is 7.50. The summed E-state index contributed by atoms with van der Waals surface area (Å²) in [6, 6.07) is 7.62. The van der Waals surface area contributed by atoms with Gasteiger partial charge in [0, 0.05) is 6.42 Å². The van der Waals surface area contributed by atoms with Crippen molar-refractivity contribution in [1.82, 2.24) is 15.0 Å². The van der Waals surface area contributed by atoms with Crippen LogP contribution >= 0.6 is 0 Å². The molecule has 4 heteroatoms. The Bertz CT molecular complexity index is 720. The van der Waals surface area contributed by atoms with E-state index in [-0.39, 0.29) is 5.91 Å². The summed E-state index contributed by atoms with van der Waals surface area (Å²) in [4.78, 5) is 12.3. The Morgan fingerprint density at radius 1 is 0.828 bits per heavy atom. The van der Waals surface area contributed by atoms with E-state index in [9.17, 15) is 4.79 Å². The van der Waals surface area contributed by atoms with E-state index in [4.69, 9.17) is 0 Å². The van der Waals surface area contributed by atoms with E-state index in [0.717, 1.165) is 23.9 Å². The lowest BCUT2D eigenvalue weighted by Crippen LogP contribution is -2.12. The van der Waals surface area contributed by atoms with Crippen LogP contribution in [0.1, 0.15) is 108 Å². The van der Waals surface area contributed by atoms with E-state index in [0.29, 0.717) is 6.42 Å². The summed E-state index contributed by atoms with van der Waals surface area (Å²) in [6.07, 6.45) is 23.2. The number of hydrogen-bond donors (Lipinski definition) is 0.